The van der Waals surface area contributed by atoms with Crippen LogP contribution >= 0.6 is 0 Å². The third-order valence-electron chi connectivity index (χ3n) is 2.90. The summed E-state index contributed by atoms with van der Waals surface area (Å²) in [5, 5.41) is 0. The first kappa shape index (κ1) is 22.6. The van der Waals surface area contributed by atoms with Gasteiger partial charge in [0.25, 0.3) is 0 Å². The molecule has 0 aliphatic carbocycles. The molecule has 0 fully saturated rings. The number of ether oxygens (including phenoxy) is 1. The maximum Gasteiger partial charge on any atom is 0.311 e. The maximum absolute atomic E-state index is 11.7. The molecule has 2 nitrogen and oxygen atoms in total. The molecule has 0 rings (SSSR count). The molecule has 0 aromatic rings. The molecule has 0 amide bonds. The molecule has 0 aromatic heterocycles. The Hall–Kier alpha value is -0.530. The molecule has 0 bridgehead atoms. The van der Waals surface area contributed by atoms with Crippen molar-refractivity contribution in [2.75, 3.05) is 6.61 Å². The second kappa shape index (κ2) is 8.55. The van der Waals surface area contributed by atoms with Gasteiger partial charge in [-0.25, -0.2) is 0 Å². The summed E-state index contributed by atoms with van der Waals surface area (Å²) < 4.78 is 5.37. The smallest absolute Gasteiger partial charge is 0.311 e. The molecule has 0 radical (unpaired) electrons. The molecule has 0 aliphatic heterocycles. The summed E-state index contributed by atoms with van der Waals surface area (Å²) in [5.74, 6) is 0.354. The Kier molecular flexibility index (Phi) is 10.8. The van der Waals surface area contributed by atoms with Gasteiger partial charge in [-0.1, -0.05) is 49.5 Å². The van der Waals surface area contributed by atoms with Crippen LogP contribution in [0.5, 0.6) is 0 Å². The average molecular weight is 260 g/mol. The summed E-state index contributed by atoms with van der Waals surface area (Å²) in [6, 6.07) is 0. The zero-order valence-electron chi connectivity index (χ0n) is 12.0. The van der Waals surface area contributed by atoms with Gasteiger partial charge in [-0.05, 0) is 38.0 Å². The Morgan fingerprint density at radius 2 is 1.56 bits per heavy atom. The molecule has 0 N–H and O–H groups in total. The maximum atomic E-state index is 11.7. The number of carbonyl (C=O) groups is 1. The SMILES string of the molecule is C.C.CCC(C)(C)C(=O)OCC(C)CC(C)(C)C. The Morgan fingerprint density at radius 1 is 1.11 bits per heavy atom. The fraction of sp³-hybridized carbons (Fsp3) is 0.938. The highest BCUT2D eigenvalue weighted by Crippen LogP contribution is 2.26. The van der Waals surface area contributed by atoms with Crippen molar-refractivity contribution in [1.82, 2.24) is 0 Å². The van der Waals surface area contributed by atoms with Crippen LogP contribution in [0.25, 0.3) is 0 Å². The summed E-state index contributed by atoms with van der Waals surface area (Å²) >= 11 is 0. The first-order valence-electron chi connectivity index (χ1n) is 6.25. The quantitative estimate of drug-likeness (QED) is 0.626. The molecule has 0 spiro atoms. The summed E-state index contributed by atoms with van der Waals surface area (Å²) in [4.78, 5) is 11.7. The second-order valence-corrected chi connectivity index (χ2v) is 6.71. The molecule has 0 heterocycles. The molecule has 2 heteroatoms. The van der Waals surface area contributed by atoms with Crippen molar-refractivity contribution in [2.24, 2.45) is 16.7 Å². The van der Waals surface area contributed by atoms with Gasteiger partial charge in [0.15, 0.2) is 0 Å². The first-order chi connectivity index (χ1) is 7.08. The monoisotopic (exact) mass is 260 g/mol. The summed E-state index contributed by atoms with van der Waals surface area (Å²) in [6.07, 6.45) is 1.90. The third kappa shape index (κ3) is 9.49. The molecule has 112 valence electrons. The van der Waals surface area contributed by atoms with Crippen LogP contribution in [0, 0.1) is 16.7 Å². The van der Waals surface area contributed by atoms with Gasteiger partial charge < -0.3 is 4.74 Å². The Bertz CT molecular complexity index is 224. The van der Waals surface area contributed by atoms with E-state index in [0.717, 1.165) is 12.8 Å². The summed E-state index contributed by atoms with van der Waals surface area (Å²) in [6.45, 7) is 15.2. The van der Waals surface area contributed by atoms with Crippen molar-refractivity contribution in [1.29, 1.82) is 0 Å². The van der Waals surface area contributed by atoms with Crippen LogP contribution in [0.15, 0.2) is 0 Å². The highest BCUT2D eigenvalue weighted by molar-refractivity contribution is 5.75. The van der Waals surface area contributed by atoms with E-state index in [-0.39, 0.29) is 26.2 Å². The van der Waals surface area contributed by atoms with E-state index in [0.29, 0.717) is 17.9 Å². The van der Waals surface area contributed by atoms with Crippen LogP contribution in [-0.4, -0.2) is 12.6 Å². The van der Waals surface area contributed by atoms with Crippen molar-refractivity contribution in [3.8, 4) is 0 Å². The number of carbonyl (C=O) groups excluding carboxylic acids is 1. The van der Waals surface area contributed by atoms with Crippen LogP contribution in [0.2, 0.25) is 0 Å². The average Bonchev–Trinajstić information content (AvgIpc) is 2.11. The predicted molar refractivity (Wildman–Crippen MR) is 81.7 cm³/mol. The zero-order valence-corrected chi connectivity index (χ0v) is 12.0. The molecule has 18 heavy (non-hydrogen) atoms. The number of esters is 1. The number of hydrogen-bond acceptors (Lipinski definition) is 2. The number of rotatable bonds is 5. The Morgan fingerprint density at radius 3 is 1.89 bits per heavy atom. The molecular weight excluding hydrogens is 224 g/mol. The third-order valence-corrected chi connectivity index (χ3v) is 2.90. The highest BCUT2D eigenvalue weighted by Gasteiger charge is 2.27. The van der Waals surface area contributed by atoms with Gasteiger partial charge in [0.05, 0.1) is 12.0 Å². The lowest BCUT2D eigenvalue weighted by atomic mass is 9.86. The number of hydrogen-bond donors (Lipinski definition) is 0. The van der Waals surface area contributed by atoms with Gasteiger partial charge in [0.1, 0.15) is 0 Å². The molecular formula is C16H36O2. The molecule has 0 aliphatic rings. The second-order valence-electron chi connectivity index (χ2n) is 6.71. The molecule has 0 aromatic carbocycles. The molecule has 1 unspecified atom stereocenters. The molecule has 0 saturated heterocycles. The van der Waals surface area contributed by atoms with E-state index in [1.165, 1.54) is 0 Å². The van der Waals surface area contributed by atoms with E-state index < -0.39 is 0 Å². The van der Waals surface area contributed by atoms with Crippen LogP contribution < -0.4 is 0 Å². The van der Waals surface area contributed by atoms with E-state index >= 15 is 0 Å². The van der Waals surface area contributed by atoms with Gasteiger partial charge in [0, 0.05) is 0 Å². The van der Waals surface area contributed by atoms with E-state index in [4.69, 9.17) is 4.74 Å². The van der Waals surface area contributed by atoms with Crippen molar-refractivity contribution >= 4 is 5.97 Å². The van der Waals surface area contributed by atoms with Gasteiger partial charge in [-0.15, -0.1) is 0 Å². The van der Waals surface area contributed by atoms with Crippen LogP contribution in [-0.2, 0) is 9.53 Å². The van der Waals surface area contributed by atoms with Gasteiger partial charge in [0.2, 0.25) is 0 Å². The topological polar surface area (TPSA) is 26.3 Å². The van der Waals surface area contributed by atoms with Crippen molar-refractivity contribution in [3.63, 3.8) is 0 Å². The van der Waals surface area contributed by atoms with Crippen LogP contribution in [0.1, 0.15) is 76.2 Å². The van der Waals surface area contributed by atoms with Gasteiger partial charge in [-0.3, -0.25) is 4.79 Å². The lowest BCUT2D eigenvalue weighted by Gasteiger charge is -2.25. The molecule has 0 saturated carbocycles. The minimum absolute atomic E-state index is 0. The lowest BCUT2D eigenvalue weighted by molar-refractivity contribution is -0.155. The van der Waals surface area contributed by atoms with Crippen molar-refractivity contribution < 1.29 is 9.53 Å². The van der Waals surface area contributed by atoms with Crippen molar-refractivity contribution in [3.05, 3.63) is 0 Å². The van der Waals surface area contributed by atoms with E-state index in [1.54, 1.807) is 0 Å². The lowest BCUT2D eigenvalue weighted by Crippen LogP contribution is -2.28. The van der Waals surface area contributed by atoms with Crippen LogP contribution in [0.4, 0.5) is 0 Å². The largest absolute Gasteiger partial charge is 0.465 e. The van der Waals surface area contributed by atoms with E-state index in [2.05, 4.69) is 27.7 Å². The highest BCUT2D eigenvalue weighted by atomic mass is 16.5. The minimum atomic E-state index is -0.346. The van der Waals surface area contributed by atoms with Gasteiger partial charge in [-0.2, -0.15) is 0 Å². The summed E-state index contributed by atoms with van der Waals surface area (Å²) in [5.41, 5.74) is -0.0481. The van der Waals surface area contributed by atoms with Crippen LogP contribution in [0.3, 0.4) is 0 Å². The Balaban J connectivity index is -0.00000112. The predicted octanol–water partition coefficient (Wildman–Crippen LogP) is 5.31. The Labute approximate surface area is 116 Å². The van der Waals surface area contributed by atoms with E-state index in [9.17, 15) is 4.79 Å². The minimum Gasteiger partial charge on any atom is -0.465 e. The summed E-state index contributed by atoms with van der Waals surface area (Å²) in [7, 11) is 0. The van der Waals surface area contributed by atoms with E-state index in [1.807, 2.05) is 20.8 Å². The first-order valence-corrected chi connectivity index (χ1v) is 6.25. The van der Waals surface area contributed by atoms with Crippen molar-refractivity contribution in [2.45, 2.75) is 76.2 Å². The molecule has 1 atom stereocenters. The normalized spacial score (nSPS) is 13.1. The van der Waals surface area contributed by atoms with Gasteiger partial charge >= 0.3 is 5.97 Å². The standard InChI is InChI=1S/C14H28O2.2CH4/c1-8-14(6,7)12(15)16-10-11(2)9-13(3,4)5;;/h11H,8-10H2,1-7H3;2*1H4. The fourth-order valence-corrected chi connectivity index (χ4v) is 1.66. The fourth-order valence-electron chi connectivity index (χ4n) is 1.66. The zero-order chi connectivity index (χ0) is 13.0.